The van der Waals surface area contributed by atoms with Crippen molar-refractivity contribution in [1.29, 1.82) is 0 Å². The quantitative estimate of drug-likeness (QED) is 0.712. The minimum atomic E-state index is -0.566. The average Bonchev–Trinajstić information content (AvgIpc) is 2.97. The monoisotopic (exact) mass is 345 g/mol. The molecule has 0 radical (unpaired) electrons. The molecule has 0 aliphatic carbocycles. The van der Waals surface area contributed by atoms with Gasteiger partial charge in [0, 0.05) is 17.9 Å². The van der Waals surface area contributed by atoms with Gasteiger partial charge in [-0.1, -0.05) is 6.07 Å². The summed E-state index contributed by atoms with van der Waals surface area (Å²) in [6.07, 6.45) is 0. The van der Waals surface area contributed by atoms with Crippen LogP contribution in [0.15, 0.2) is 36.4 Å². The Morgan fingerprint density at radius 1 is 1.20 bits per heavy atom. The molecule has 0 saturated carbocycles. The van der Waals surface area contributed by atoms with Crippen LogP contribution in [-0.4, -0.2) is 28.7 Å². The van der Waals surface area contributed by atoms with Gasteiger partial charge in [0.25, 0.3) is 5.91 Å². The Balaban J connectivity index is 1.87. The fraction of sp³-hybridized carbons (Fsp3) is 0.118. The number of hydrogen-bond donors (Lipinski definition) is 2. The molecule has 2 N–H and O–H groups in total. The molecule has 3 rings (SSSR count). The molecular weight excluding hydrogens is 332 g/mol. The summed E-state index contributed by atoms with van der Waals surface area (Å²) in [6, 6.07) is 8.03. The summed E-state index contributed by atoms with van der Waals surface area (Å²) in [5.41, 5.74) is 1.12. The van der Waals surface area contributed by atoms with Crippen LogP contribution >= 0.6 is 0 Å². The summed E-state index contributed by atoms with van der Waals surface area (Å²) in [4.78, 5) is 22.4. The summed E-state index contributed by atoms with van der Waals surface area (Å²) >= 11 is 0. The predicted molar refractivity (Wildman–Crippen MR) is 86.7 cm³/mol. The lowest BCUT2D eigenvalue weighted by molar-refractivity contribution is -0.144. The van der Waals surface area contributed by atoms with Gasteiger partial charge < -0.3 is 10.1 Å². The highest BCUT2D eigenvalue weighted by atomic mass is 19.1. The van der Waals surface area contributed by atoms with Crippen LogP contribution in [0.25, 0.3) is 22.0 Å². The van der Waals surface area contributed by atoms with Gasteiger partial charge >= 0.3 is 5.97 Å². The van der Waals surface area contributed by atoms with Crippen LogP contribution in [0.4, 0.5) is 14.6 Å². The maximum Gasteiger partial charge on any atom is 0.303 e. The Morgan fingerprint density at radius 3 is 2.76 bits per heavy atom. The molecule has 1 heterocycles. The number of aromatic nitrogens is 2. The molecule has 0 aliphatic heterocycles. The first kappa shape index (κ1) is 16.6. The summed E-state index contributed by atoms with van der Waals surface area (Å²) in [5, 5.41) is 9.77. The van der Waals surface area contributed by atoms with Crippen LogP contribution in [0, 0.1) is 11.6 Å². The number of carbonyl (C=O) groups is 2. The number of fused-ring (bicyclic) bond motifs is 1. The molecule has 2 aromatic carbocycles. The van der Waals surface area contributed by atoms with E-state index in [0.29, 0.717) is 16.5 Å². The third-order valence-corrected chi connectivity index (χ3v) is 3.47. The van der Waals surface area contributed by atoms with E-state index in [2.05, 4.69) is 20.3 Å². The van der Waals surface area contributed by atoms with Crippen molar-refractivity contribution >= 4 is 28.6 Å². The molecule has 6 nitrogen and oxygen atoms in total. The topological polar surface area (TPSA) is 84.1 Å². The first-order chi connectivity index (χ1) is 11.9. The summed E-state index contributed by atoms with van der Waals surface area (Å²) in [6.45, 7) is 0.778. The Hall–Kier alpha value is -3.29. The van der Waals surface area contributed by atoms with E-state index >= 15 is 0 Å². The van der Waals surface area contributed by atoms with Crippen molar-refractivity contribution < 1.29 is 23.1 Å². The maximum atomic E-state index is 13.9. The van der Waals surface area contributed by atoms with E-state index in [1.807, 2.05) is 0 Å². The molecule has 3 aromatic rings. The number of esters is 1. The van der Waals surface area contributed by atoms with E-state index < -0.39 is 30.1 Å². The van der Waals surface area contributed by atoms with Gasteiger partial charge in [-0.3, -0.25) is 14.7 Å². The van der Waals surface area contributed by atoms with Crippen LogP contribution in [-0.2, 0) is 14.3 Å². The number of nitrogens with one attached hydrogen (secondary N) is 2. The molecule has 1 amide bonds. The van der Waals surface area contributed by atoms with Crippen molar-refractivity contribution in [2.45, 2.75) is 6.92 Å². The maximum absolute atomic E-state index is 13.9. The predicted octanol–water partition coefficient (Wildman–Crippen LogP) is 3.01. The zero-order valence-corrected chi connectivity index (χ0v) is 13.1. The van der Waals surface area contributed by atoms with Crippen molar-refractivity contribution in [3.8, 4) is 11.1 Å². The number of anilines is 1. The smallest absolute Gasteiger partial charge is 0.303 e. The van der Waals surface area contributed by atoms with Crippen LogP contribution in [0.3, 0.4) is 0 Å². The minimum Gasteiger partial charge on any atom is -0.456 e. The highest BCUT2D eigenvalue weighted by Crippen LogP contribution is 2.29. The molecule has 0 unspecified atom stereocenters. The van der Waals surface area contributed by atoms with Crippen molar-refractivity contribution in [3.05, 3.63) is 48.0 Å². The second kappa shape index (κ2) is 6.68. The van der Waals surface area contributed by atoms with Gasteiger partial charge in [-0.2, -0.15) is 5.10 Å². The number of rotatable bonds is 4. The third-order valence-electron chi connectivity index (χ3n) is 3.47. The van der Waals surface area contributed by atoms with E-state index in [4.69, 9.17) is 0 Å². The normalized spacial score (nSPS) is 10.7. The van der Waals surface area contributed by atoms with E-state index in [1.165, 1.54) is 6.92 Å². The van der Waals surface area contributed by atoms with Gasteiger partial charge in [0.1, 0.15) is 11.6 Å². The summed E-state index contributed by atoms with van der Waals surface area (Å²) < 4.78 is 31.8. The number of H-pyrrole nitrogens is 1. The molecule has 128 valence electrons. The van der Waals surface area contributed by atoms with Crippen molar-refractivity contribution in [2.75, 3.05) is 11.9 Å². The second-order valence-electron chi connectivity index (χ2n) is 5.29. The molecular formula is C17H13F2N3O3. The van der Waals surface area contributed by atoms with Gasteiger partial charge in [0.05, 0.1) is 5.52 Å². The van der Waals surface area contributed by atoms with Gasteiger partial charge in [0.2, 0.25) is 0 Å². The van der Waals surface area contributed by atoms with Crippen molar-refractivity contribution in [1.82, 2.24) is 10.2 Å². The lowest BCUT2D eigenvalue weighted by atomic mass is 10.0. The lowest BCUT2D eigenvalue weighted by Gasteiger charge is -2.05. The fourth-order valence-electron chi connectivity index (χ4n) is 2.34. The molecule has 25 heavy (non-hydrogen) atoms. The Bertz CT molecular complexity index is 969. The molecule has 0 spiro atoms. The zero-order chi connectivity index (χ0) is 18.0. The molecule has 0 aliphatic rings. The number of ether oxygens (including phenoxy) is 1. The van der Waals surface area contributed by atoms with E-state index in [-0.39, 0.29) is 11.4 Å². The van der Waals surface area contributed by atoms with E-state index in [9.17, 15) is 18.4 Å². The number of nitrogens with zero attached hydrogens (tertiary/aromatic N) is 1. The number of aromatic amines is 1. The lowest BCUT2D eigenvalue weighted by Crippen LogP contribution is -2.20. The van der Waals surface area contributed by atoms with Crippen LogP contribution in [0.2, 0.25) is 0 Å². The first-order valence-corrected chi connectivity index (χ1v) is 7.31. The van der Waals surface area contributed by atoms with Crippen molar-refractivity contribution in [3.63, 3.8) is 0 Å². The van der Waals surface area contributed by atoms with Gasteiger partial charge in [-0.25, -0.2) is 8.78 Å². The van der Waals surface area contributed by atoms with Gasteiger partial charge in [0.15, 0.2) is 12.4 Å². The van der Waals surface area contributed by atoms with E-state index in [0.717, 1.165) is 18.2 Å². The zero-order valence-electron chi connectivity index (χ0n) is 13.1. The van der Waals surface area contributed by atoms with Crippen molar-refractivity contribution in [2.24, 2.45) is 0 Å². The van der Waals surface area contributed by atoms with E-state index in [1.54, 1.807) is 18.2 Å². The molecule has 0 fully saturated rings. The van der Waals surface area contributed by atoms with Gasteiger partial charge in [-0.05, 0) is 35.9 Å². The molecule has 0 bridgehead atoms. The number of carbonyl (C=O) groups excluding carboxylic acids is 2. The summed E-state index contributed by atoms with van der Waals surface area (Å²) in [5.74, 6) is -1.94. The third kappa shape index (κ3) is 3.63. The van der Waals surface area contributed by atoms with Gasteiger partial charge in [-0.15, -0.1) is 0 Å². The van der Waals surface area contributed by atoms with Crippen LogP contribution in [0.1, 0.15) is 6.92 Å². The average molecular weight is 345 g/mol. The molecule has 0 atom stereocenters. The highest BCUT2D eigenvalue weighted by Gasteiger charge is 2.13. The van der Waals surface area contributed by atoms with Crippen LogP contribution in [0.5, 0.6) is 0 Å². The molecule has 1 aromatic heterocycles. The molecule has 8 heteroatoms. The highest BCUT2D eigenvalue weighted by molar-refractivity contribution is 6.01. The number of benzene rings is 2. The number of halogens is 2. The largest absolute Gasteiger partial charge is 0.456 e. The summed E-state index contributed by atoms with van der Waals surface area (Å²) in [7, 11) is 0. The Morgan fingerprint density at radius 2 is 2.00 bits per heavy atom. The Kier molecular flexibility index (Phi) is 4.42. The Labute approximate surface area is 140 Å². The first-order valence-electron chi connectivity index (χ1n) is 7.31. The standard InChI is InChI=1S/C17H13F2N3O3/c1-9(23)25-8-16(24)20-17-12-4-2-10(6-15(12)21-22-17)13-7-11(18)3-5-14(13)19/h2-7H,8H2,1H3,(H2,20,21,22,24). The number of amides is 1. The fourth-order valence-corrected chi connectivity index (χ4v) is 2.34. The number of hydrogen-bond acceptors (Lipinski definition) is 4. The van der Waals surface area contributed by atoms with Crippen LogP contribution < -0.4 is 5.32 Å². The SMILES string of the molecule is CC(=O)OCC(=O)Nc1n[nH]c2cc(-c3cc(F)ccc3F)ccc12. The molecule has 0 saturated heterocycles. The minimum absolute atomic E-state index is 0.122. The second-order valence-corrected chi connectivity index (χ2v) is 5.29.